The molecule has 2 unspecified atom stereocenters. The largest absolute Gasteiger partial charge is 0.501 e. The highest BCUT2D eigenvalue weighted by atomic mass is 28.4. The van der Waals surface area contributed by atoms with Crippen LogP contribution >= 0.6 is 0 Å². The Morgan fingerprint density at radius 3 is 0.854 bits per heavy atom. The van der Waals surface area contributed by atoms with Crippen LogP contribution in [0, 0.1) is 0 Å². The first-order valence-corrected chi connectivity index (χ1v) is 25.1. The lowest BCUT2D eigenvalue weighted by Crippen LogP contribution is -2.48. The molecule has 0 amide bonds. The smallest absolute Gasteiger partial charge is 0.374 e. The molecule has 8 heteroatoms. The van der Waals surface area contributed by atoms with Crippen molar-refractivity contribution in [2.75, 3.05) is 26.4 Å². The van der Waals surface area contributed by atoms with Crippen LogP contribution in [0.5, 0.6) is 0 Å². The molecule has 0 saturated carbocycles. The fraction of sp³-hybridized carbons (Fsp3) is 1.00. The molecule has 0 aromatic carbocycles. The SMILES string of the molecule is CCCCCCCCCC[Si](OCC)(OCC)OC(C)CCCCCCCCC(C)O[Si](CCCCCCCCCC)(OCC)OCC. The van der Waals surface area contributed by atoms with Gasteiger partial charge in [0.25, 0.3) is 0 Å². The van der Waals surface area contributed by atoms with E-state index in [2.05, 4.69) is 55.4 Å². The molecule has 0 heterocycles. The predicted molar refractivity (Wildman–Crippen MR) is 211 cm³/mol. The average Bonchev–Trinajstić information content (AvgIpc) is 3.05. The predicted octanol–water partition coefficient (Wildman–Crippen LogP) is 13.2. The Balaban J connectivity index is 4.36. The van der Waals surface area contributed by atoms with Crippen molar-refractivity contribution in [3.63, 3.8) is 0 Å². The monoisotopic (exact) mass is 719 g/mol. The van der Waals surface area contributed by atoms with E-state index in [0.717, 1.165) is 37.8 Å². The molecule has 0 N–H and O–H groups in total. The summed E-state index contributed by atoms with van der Waals surface area (Å²) in [5, 5.41) is 0. The van der Waals surface area contributed by atoms with E-state index in [1.165, 1.54) is 128 Å². The molecule has 0 aromatic rings. The van der Waals surface area contributed by atoms with Crippen molar-refractivity contribution in [3.8, 4) is 0 Å². The molecule has 0 aliphatic rings. The average molecular weight is 719 g/mol. The first kappa shape index (κ1) is 48.2. The fourth-order valence-electron chi connectivity index (χ4n) is 6.76. The second-order valence-corrected chi connectivity index (χ2v) is 19.5. The van der Waals surface area contributed by atoms with Gasteiger partial charge in [0, 0.05) is 50.7 Å². The van der Waals surface area contributed by atoms with Gasteiger partial charge in [0.15, 0.2) is 0 Å². The first-order valence-electron chi connectivity index (χ1n) is 21.3. The van der Waals surface area contributed by atoms with E-state index in [-0.39, 0.29) is 12.2 Å². The normalized spacial score (nSPS) is 13.8. The van der Waals surface area contributed by atoms with Crippen molar-refractivity contribution >= 4 is 17.6 Å². The Hall–Kier alpha value is 0.194. The summed E-state index contributed by atoms with van der Waals surface area (Å²) in [6.07, 6.45) is 31.1. The summed E-state index contributed by atoms with van der Waals surface area (Å²) in [6.45, 7) is 20.0. The van der Waals surface area contributed by atoms with Crippen LogP contribution in [-0.2, 0) is 26.6 Å². The lowest BCUT2D eigenvalue weighted by Gasteiger charge is -2.32. The molecule has 290 valence electrons. The van der Waals surface area contributed by atoms with E-state index in [4.69, 9.17) is 26.6 Å². The van der Waals surface area contributed by atoms with Gasteiger partial charge in [-0.2, -0.15) is 0 Å². The van der Waals surface area contributed by atoms with Crippen LogP contribution in [-0.4, -0.2) is 56.2 Å². The number of hydrogen-bond donors (Lipinski definition) is 0. The molecule has 0 rings (SSSR count). The molecule has 0 saturated heterocycles. The van der Waals surface area contributed by atoms with E-state index >= 15 is 0 Å². The minimum atomic E-state index is -2.61. The summed E-state index contributed by atoms with van der Waals surface area (Å²) >= 11 is 0. The molecular formula is C40H86O6Si2. The Labute approximate surface area is 303 Å². The molecule has 6 nitrogen and oxygen atoms in total. The maximum atomic E-state index is 6.64. The molecule has 0 aliphatic heterocycles. The van der Waals surface area contributed by atoms with Crippen LogP contribution in [0.1, 0.15) is 209 Å². The lowest BCUT2D eigenvalue weighted by molar-refractivity contribution is 0.0330. The van der Waals surface area contributed by atoms with Gasteiger partial charge in [-0.25, -0.2) is 0 Å². The fourth-order valence-corrected chi connectivity index (χ4v) is 12.6. The van der Waals surface area contributed by atoms with Crippen molar-refractivity contribution in [1.82, 2.24) is 0 Å². The highest BCUT2D eigenvalue weighted by Crippen LogP contribution is 2.26. The Kier molecular flexibility index (Phi) is 34.4. The summed E-state index contributed by atoms with van der Waals surface area (Å²) in [7, 11) is -5.22. The standard InChI is InChI=1S/C40H86O6Si2/c1-9-15-17-19-21-25-29-33-37-47(41-11-3,42-12-4)45-39(7)35-31-27-23-24-28-32-36-40(8)46-48(43-13-5,44-14-6)38-34-30-26-22-20-18-16-10-2/h39-40H,9-38H2,1-8H3. The minimum Gasteiger partial charge on any atom is -0.374 e. The molecule has 0 aromatic heterocycles. The maximum Gasteiger partial charge on any atom is 0.501 e. The second-order valence-electron chi connectivity index (χ2n) is 14.1. The van der Waals surface area contributed by atoms with Gasteiger partial charge in [0.05, 0.1) is 0 Å². The summed E-state index contributed by atoms with van der Waals surface area (Å²) in [5.41, 5.74) is 0. The van der Waals surface area contributed by atoms with Crippen molar-refractivity contribution in [2.24, 2.45) is 0 Å². The highest BCUT2D eigenvalue weighted by molar-refractivity contribution is 6.61. The molecule has 2 atom stereocenters. The van der Waals surface area contributed by atoms with Gasteiger partial charge >= 0.3 is 17.6 Å². The summed E-state index contributed by atoms with van der Waals surface area (Å²) in [4.78, 5) is 0. The lowest BCUT2D eigenvalue weighted by atomic mass is 10.1. The van der Waals surface area contributed by atoms with E-state index < -0.39 is 17.6 Å². The van der Waals surface area contributed by atoms with Crippen LogP contribution in [0.3, 0.4) is 0 Å². The van der Waals surface area contributed by atoms with Gasteiger partial charge < -0.3 is 26.6 Å². The van der Waals surface area contributed by atoms with Gasteiger partial charge in [0.2, 0.25) is 0 Å². The summed E-state index contributed by atoms with van der Waals surface area (Å²) < 4.78 is 38.3. The van der Waals surface area contributed by atoms with Crippen molar-refractivity contribution in [3.05, 3.63) is 0 Å². The third-order valence-electron chi connectivity index (χ3n) is 9.36. The minimum absolute atomic E-state index is 0.188. The van der Waals surface area contributed by atoms with Crippen molar-refractivity contribution in [2.45, 2.75) is 234 Å². The molecule has 0 aliphatic carbocycles. The van der Waals surface area contributed by atoms with Crippen molar-refractivity contribution in [1.29, 1.82) is 0 Å². The van der Waals surface area contributed by atoms with Gasteiger partial charge in [-0.15, -0.1) is 0 Å². The zero-order valence-corrected chi connectivity index (χ0v) is 35.8. The van der Waals surface area contributed by atoms with Crippen LogP contribution < -0.4 is 0 Å². The van der Waals surface area contributed by atoms with Crippen LogP contribution in [0.15, 0.2) is 0 Å². The third kappa shape index (κ3) is 26.9. The number of hydrogen-bond acceptors (Lipinski definition) is 6. The molecular weight excluding hydrogens is 633 g/mol. The van der Waals surface area contributed by atoms with Crippen LogP contribution in [0.4, 0.5) is 0 Å². The van der Waals surface area contributed by atoms with Crippen LogP contribution in [0.2, 0.25) is 12.1 Å². The van der Waals surface area contributed by atoms with E-state index in [1.54, 1.807) is 0 Å². The first-order chi connectivity index (χ1) is 23.4. The van der Waals surface area contributed by atoms with E-state index in [9.17, 15) is 0 Å². The molecule has 48 heavy (non-hydrogen) atoms. The Morgan fingerprint density at radius 2 is 0.583 bits per heavy atom. The van der Waals surface area contributed by atoms with Gasteiger partial charge in [-0.05, 0) is 67.2 Å². The van der Waals surface area contributed by atoms with E-state index in [0.29, 0.717) is 26.4 Å². The third-order valence-corrected chi connectivity index (χ3v) is 15.7. The molecule has 0 radical (unpaired) electrons. The Bertz CT molecular complexity index is 589. The number of unbranched alkanes of at least 4 members (excludes halogenated alkanes) is 19. The van der Waals surface area contributed by atoms with E-state index in [1.807, 2.05) is 0 Å². The zero-order valence-electron chi connectivity index (χ0n) is 33.8. The van der Waals surface area contributed by atoms with Crippen molar-refractivity contribution < 1.29 is 26.6 Å². The van der Waals surface area contributed by atoms with Gasteiger partial charge in [-0.3, -0.25) is 0 Å². The number of rotatable bonds is 39. The summed E-state index contributed by atoms with van der Waals surface area (Å²) in [5.74, 6) is 0. The zero-order chi connectivity index (χ0) is 35.6. The molecule has 0 fully saturated rings. The van der Waals surface area contributed by atoms with Crippen LogP contribution in [0.25, 0.3) is 0 Å². The Morgan fingerprint density at radius 1 is 0.333 bits per heavy atom. The maximum absolute atomic E-state index is 6.64. The van der Waals surface area contributed by atoms with Gasteiger partial charge in [0.1, 0.15) is 0 Å². The summed E-state index contributed by atoms with van der Waals surface area (Å²) in [6, 6.07) is 1.90. The molecule has 0 bridgehead atoms. The quantitative estimate of drug-likeness (QED) is 0.0466. The van der Waals surface area contributed by atoms with Gasteiger partial charge in [-0.1, -0.05) is 142 Å². The highest BCUT2D eigenvalue weighted by Gasteiger charge is 2.42. The second kappa shape index (κ2) is 34.3. The molecule has 0 spiro atoms. The topological polar surface area (TPSA) is 55.4 Å².